The summed E-state index contributed by atoms with van der Waals surface area (Å²) in [5, 5.41) is 4.34. The molecule has 6 heteroatoms. The Hall–Kier alpha value is 0.250. The van der Waals surface area contributed by atoms with Gasteiger partial charge in [-0.25, -0.2) is 9.97 Å². The molecular weight excluding hydrogens is 321 g/mol. The Bertz CT molecular complexity index is 308. The zero-order valence-corrected chi connectivity index (χ0v) is 11.0. The summed E-state index contributed by atoms with van der Waals surface area (Å²) >= 11 is 9.54. The lowest BCUT2D eigenvalue weighted by Crippen LogP contribution is -2.04. The van der Waals surface area contributed by atoms with Gasteiger partial charge in [-0.1, -0.05) is 23.4 Å². The van der Waals surface area contributed by atoms with E-state index in [1.807, 2.05) is 13.2 Å². The minimum atomic E-state index is 0.510. The zero-order chi connectivity index (χ0) is 9.84. The third-order valence-corrected chi connectivity index (χ3v) is 3.48. The first-order valence-corrected chi connectivity index (χ1v) is 6.38. The van der Waals surface area contributed by atoms with Crippen molar-refractivity contribution in [3.05, 3.63) is 8.72 Å². The molecule has 0 fully saturated rings. The lowest BCUT2D eigenvalue weighted by atomic mass is 10.5. The molecule has 0 aliphatic rings. The van der Waals surface area contributed by atoms with Gasteiger partial charge in [0.1, 0.15) is 11.0 Å². The van der Waals surface area contributed by atoms with Crippen LogP contribution < -0.4 is 5.32 Å². The predicted octanol–water partition coefficient (Wildman–Crippen LogP) is 2.89. The average molecular weight is 330 g/mol. The molecule has 0 saturated carbocycles. The second-order valence-corrected chi connectivity index (χ2v) is 4.40. The molecule has 0 saturated heterocycles. The van der Waals surface area contributed by atoms with E-state index in [1.54, 1.807) is 0 Å². The van der Waals surface area contributed by atoms with Crippen LogP contribution >= 0.6 is 46.0 Å². The molecule has 0 aromatic carbocycles. The summed E-state index contributed by atoms with van der Waals surface area (Å²) < 4.78 is 0.874. The van der Waals surface area contributed by atoms with Gasteiger partial charge < -0.3 is 5.32 Å². The number of nitrogens with zero attached hydrogens (tertiary/aromatic N) is 2. The molecule has 0 radical (unpaired) electrons. The van der Waals surface area contributed by atoms with E-state index in [0.717, 1.165) is 15.9 Å². The zero-order valence-electron chi connectivity index (χ0n) is 7.27. The molecule has 0 aliphatic carbocycles. The van der Waals surface area contributed by atoms with Crippen LogP contribution in [-0.2, 0) is 0 Å². The van der Waals surface area contributed by atoms with E-state index in [0.29, 0.717) is 10.3 Å². The number of rotatable bonds is 3. The van der Waals surface area contributed by atoms with Gasteiger partial charge in [-0.3, -0.25) is 0 Å². The maximum absolute atomic E-state index is 5.92. The Kier molecular flexibility index (Phi) is 4.54. The van der Waals surface area contributed by atoms with E-state index < -0.39 is 0 Å². The molecule has 1 aromatic heterocycles. The fourth-order valence-corrected chi connectivity index (χ4v) is 1.79. The predicted molar refractivity (Wildman–Crippen MR) is 65.7 cm³/mol. The third-order valence-electron chi connectivity index (χ3n) is 1.32. The number of halogens is 2. The van der Waals surface area contributed by atoms with Crippen molar-refractivity contribution in [2.24, 2.45) is 0 Å². The van der Waals surface area contributed by atoms with Crippen LogP contribution in [0.25, 0.3) is 0 Å². The molecule has 1 rings (SSSR count). The fraction of sp³-hybridized carbons (Fsp3) is 0.429. The SMILES string of the molecule is CCNc1nc(SC)nc(Cl)c1I. The summed E-state index contributed by atoms with van der Waals surface area (Å²) in [7, 11) is 0. The van der Waals surface area contributed by atoms with Gasteiger partial charge in [0.05, 0.1) is 3.57 Å². The first-order valence-electron chi connectivity index (χ1n) is 3.70. The van der Waals surface area contributed by atoms with Crippen LogP contribution in [0.2, 0.25) is 5.15 Å². The molecule has 0 aliphatic heterocycles. The van der Waals surface area contributed by atoms with Crippen molar-refractivity contribution in [2.45, 2.75) is 12.1 Å². The van der Waals surface area contributed by atoms with Crippen molar-refractivity contribution in [2.75, 3.05) is 18.1 Å². The van der Waals surface area contributed by atoms with Crippen molar-refractivity contribution in [3.63, 3.8) is 0 Å². The number of aromatic nitrogens is 2. The van der Waals surface area contributed by atoms with Gasteiger partial charge in [0, 0.05) is 6.54 Å². The molecule has 1 aromatic rings. The van der Waals surface area contributed by atoms with Crippen molar-refractivity contribution < 1.29 is 0 Å². The normalized spacial score (nSPS) is 10.2. The molecule has 1 N–H and O–H groups in total. The topological polar surface area (TPSA) is 37.8 Å². The van der Waals surface area contributed by atoms with E-state index in [-0.39, 0.29) is 0 Å². The highest BCUT2D eigenvalue weighted by molar-refractivity contribution is 14.1. The number of thioether (sulfide) groups is 1. The van der Waals surface area contributed by atoms with Crippen LogP contribution in [-0.4, -0.2) is 22.8 Å². The van der Waals surface area contributed by atoms with Crippen LogP contribution in [0, 0.1) is 3.57 Å². The van der Waals surface area contributed by atoms with E-state index >= 15 is 0 Å². The number of nitrogens with one attached hydrogen (secondary N) is 1. The highest BCUT2D eigenvalue weighted by atomic mass is 127. The van der Waals surface area contributed by atoms with Crippen molar-refractivity contribution >= 4 is 51.8 Å². The molecule has 0 spiro atoms. The molecular formula is C7H9ClIN3S. The first kappa shape index (κ1) is 11.3. The summed E-state index contributed by atoms with van der Waals surface area (Å²) in [4.78, 5) is 8.39. The number of hydrogen-bond donors (Lipinski definition) is 1. The Labute approximate surface area is 100 Å². The molecule has 0 amide bonds. The van der Waals surface area contributed by atoms with E-state index in [1.165, 1.54) is 11.8 Å². The smallest absolute Gasteiger partial charge is 0.190 e. The molecule has 13 heavy (non-hydrogen) atoms. The van der Waals surface area contributed by atoms with Gasteiger partial charge in [0.2, 0.25) is 0 Å². The molecule has 0 bridgehead atoms. The standard InChI is InChI=1S/C7H9ClIN3S/c1-3-10-6-4(9)5(8)11-7(12-6)13-2/h3H2,1-2H3,(H,10,11,12). The first-order chi connectivity index (χ1) is 6.19. The minimum Gasteiger partial charge on any atom is -0.369 e. The van der Waals surface area contributed by atoms with Crippen molar-refractivity contribution in [1.29, 1.82) is 0 Å². The largest absolute Gasteiger partial charge is 0.369 e. The minimum absolute atomic E-state index is 0.510. The molecule has 3 nitrogen and oxygen atoms in total. The number of hydrogen-bond acceptors (Lipinski definition) is 4. The summed E-state index contributed by atoms with van der Waals surface area (Å²) in [6, 6.07) is 0. The highest BCUT2D eigenvalue weighted by Crippen LogP contribution is 2.25. The van der Waals surface area contributed by atoms with E-state index in [9.17, 15) is 0 Å². The summed E-state index contributed by atoms with van der Waals surface area (Å²) in [5.41, 5.74) is 0. The molecule has 72 valence electrons. The summed E-state index contributed by atoms with van der Waals surface area (Å²) in [6.45, 7) is 2.85. The quantitative estimate of drug-likeness (QED) is 0.400. The summed E-state index contributed by atoms with van der Waals surface area (Å²) in [5.74, 6) is 0.812. The van der Waals surface area contributed by atoms with E-state index in [4.69, 9.17) is 11.6 Å². The van der Waals surface area contributed by atoms with Crippen LogP contribution in [0.15, 0.2) is 5.16 Å². The van der Waals surface area contributed by atoms with Gasteiger partial charge in [-0.2, -0.15) is 0 Å². The number of anilines is 1. The second-order valence-electron chi connectivity index (χ2n) is 2.19. The lowest BCUT2D eigenvalue weighted by molar-refractivity contribution is 0.953. The van der Waals surface area contributed by atoms with E-state index in [2.05, 4.69) is 37.9 Å². The van der Waals surface area contributed by atoms with Gasteiger partial charge in [0.25, 0.3) is 0 Å². The maximum atomic E-state index is 5.92. The lowest BCUT2D eigenvalue weighted by Gasteiger charge is -2.07. The van der Waals surface area contributed by atoms with Gasteiger partial charge in [-0.15, -0.1) is 0 Å². The fourth-order valence-electron chi connectivity index (χ4n) is 0.776. The van der Waals surface area contributed by atoms with Crippen molar-refractivity contribution in [1.82, 2.24) is 9.97 Å². The Morgan fingerprint density at radius 3 is 2.77 bits per heavy atom. The Morgan fingerprint density at radius 1 is 1.54 bits per heavy atom. The van der Waals surface area contributed by atoms with Crippen LogP contribution in [0.5, 0.6) is 0 Å². The van der Waals surface area contributed by atoms with Crippen LogP contribution in [0.3, 0.4) is 0 Å². The summed E-state index contributed by atoms with van der Waals surface area (Å²) in [6.07, 6.45) is 1.92. The Morgan fingerprint density at radius 2 is 2.23 bits per heavy atom. The third kappa shape index (κ3) is 2.85. The molecule has 0 atom stereocenters. The van der Waals surface area contributed by atoms with Crippen LogP contribution in [0.1, 0.15) is 6.92 Å². The Balaban J connectivity index is 3.09. The van der Waals surface area contributed by atoms with Gasteiger partial charge in [0.15, 0.2) is 5.16 Å². The molecule has 1 heterocycles. The second kappa shape index (κ2) is 5.21. The van der Waals surface area contributed by atoms with Crippen molar-refractivity contribution in [3.8, 4) is 0 Å². The average Bonchev–Trinajstić information content (AvgIpc) is 2.13. The maximum Gasteiger partial charge on any atom is 0.190 e. The monoisotopic (exact) mass is 329 g/mol. The molecule has 0 unspecified atom stereocenters. The van der Waals surface area contributed by atoms with Crippen LogP contribution in [0.4, 0.5) is 5.82 Å². The van der Waals surface area contributed by atoms with Gasteiger partial charge >= 0.3 is 0 Å². The highest BCUT2D eigenvalue weighted by Gasteiger charge is 2.08. The van der Waals surface area contributed by atoms with Gasteiger partial charge in [-0.05, 0) is 35.8 Å².